The Bertz CT molecular complexity index is 246. The van der Waals surface area contributed by atoms with E-state index in [1.165, 1.54) is 11.5 Å². The first-order chi connectivity index (χ1) is 6.86. The Kier molecular flexibility index (Phi) is 6.13. The maximum absolute atomic E-state index is 3.20. The van der Waals surface area contributed by atoms with Crippen LogP contribution in [0.5, 0.6) is 0 Å². The van der Waals surface area contributed by atoms with E-state index in [-0.39, 0.29) is 0 Å². The predicted octanol–water partition coefficient (Wildman–Crippen LogP) is 0.647. The van der Waals surface area contributed by atoms with E-state index < -0.39 is 0 Å². The van der Waals surface area contributed by atoms with Crippen LogP contribution in [0.2, 0.25) is 0 Å². The fraction of sp³-hybridized carbons (Fsp3) is 0.800. The molecule has 0 bridgehead atoms. The van der Waals surface area contributed by atoms with E-state index in [0.29, 0.717) is 0 Å². The van der Waals surface area contributed by atoms with Crippen molar-refractivity contribution < 1.29 is 9.15 Å². The second-order valence-electron chi connectivity index (χ2n) is 3.18. The van der Waals surface area contributed by atoms with Crippen LogP contribution >= 0.6 is 23.5 Å². The monoisotopic (exact) mass is 230 g/mol. The highest BCUT2D eigenvalue weighted by Crippen LogP contribution is 1.93. The first-order valence-corrected chi connectivity index (χ1v) is 7.64. The third-order valence-corrected chi connectivity index (χ3v) is 3.32. The smallest absolute Gasteiger partial charge is 0.169 e. The summed E-state index contributed by atoms with van der Waals surface area (Å²) in [5, 5.41) is 0. The highest BCUT2D eigenvalue weighted by atomic mass is 32.2. The molecule has 1 aliphatic heterocycles. The van der Waals surface area contributed by atoms with Gasteiger partial charge in [-0.15, -0.1) is 0 Å². The van der Waals surface area contributed by atoms with E-state index in [0.717, 1.165) is 26.2 Å². The normalized spacial score (nSPS) is 15.3. The van der Waals surface area contributed by atoms with Gasteiger partial charge < -0.3 is 0 Å². The van der Waals surface area contributed by atoms with Gasteiger partial charge >= 0.3 is 0 Å². The summed E-state index contributed by atoms with van der Waals surface area (Å²) in [5.74, 6) is 8.76. The second kappa shape index (κ2) is 7.19. The number of nitrogens with zero attached hydrogens (tertiary/aromatic N) is 2. The molecule has 0 aliphatic carbocycles. The molecule has 1 heterocycles. The highest BCUT2D eigenvalue weighted by Gasteiger charge is 2.14. The molecule has 0 aromatic carbocycles. The van der Waals surface area contributed by atoms with E-state index in [1.54, 1.807) is 0 Å². The minimum absolute atomic E-state index is 1.10. The van der Waals surface area contributed by atoms with Gasteiger partial charge in [-0.3, -0.25) is 0 Å². The molecule has 0 atom stereocenters. The molecule has 0 amide bonds. The molecule has 78 valence electrons. The second-order valence-corrected chi connectivity index (χ2v) is 5.15. The standard InChI is InChI=1S/C10H18N2S2/c1-13-9-7-11-3-5-12(6-4-11)8-10-14-2/h3,5,7-10H2,1-2H3/q+2. The van der Waals surface area contributed by atoms with Gasteiger partial charge in [-0.05, 0) is 12.5 Å². The molecule has 0 radical (unpaired) electrons. The van der Waals surface area contributed by atoms with Crippen molar-refractivity contribution in [1.82, 2.24) is 0 Å². The largest absolute Gasteiger partial charge is 0.293 e. The molecule has 0 aromatic rings. The Labute approximate surface area is 94.8 Å². The lowest BCUT2D eigenvalue weighted by Gasteiger charge is -2.01. The molecule has 0 saturated heterocycles. The topological polar surface area (TPSA) is 6.02 Å². The zero-order valence-corrected chi connectivity index (χ0v) is 10.6. The summed E-state index contributed by atoms with van der Waals surface area (Å²) in [6.07, 6.45) is 4.28. The van der Waals surface area contributed by atoms with E-state index in [1.807, 2.05) is 23.5 Å². The average molecular weight is 230 g/mol. The van der Waals surface area contributed by atoms with Gasteiger partial charge in [0.1, 0.15) is 0 Å². The maximum atomic E-state index is 3.20. The van der Waals surface area contributed by atoms with E-state index in [9.17, 15) is 0 Å². The van der Waals surface area contributed by atoms with Crippen molar-refractivity contribution >= 4 is 35.3 Å². The van der Waals surface area contributed by atoms with Crippen molar-refractivity contribution in [2.75, 3.05) is 50.2 Å². The minimum Gasteiger partial charge on any atom is -0.169 e. The Hall–Kier alpha value is -0.140. The first-order valence-electron chi connectivity index (χ1n) is 4.86. The molecule has 1 aliphatic rings. The summed E-state index contributed by atoms with van der Waals surface area (Å²) in [7, 11) is 0. The zero-order chi connectivity index (χ0) is 10.2. The SMILES string of the molecule is CSCC[N+]1=C=C=[N+](CCSC)CC1. The highest BCUT2D eigenvalue weighted by molar-refractivity contribution is 7.98. The minimum atomic E-state index is 1.10. The van der Waals surface area contributed by atoms with Gasteiger partial charge in [-0.25, -0.2) is 0 Å². The van der Waals surface area contributed by atoms with Crippen LogP contribution in [0.25, 0.3) is 0 Å². The quantitative estimate of drug-likeness (QED) is 0.618. The van der Waals surface area contributed by atoms with Crippen LogP contribution < -0.4 is 0 Å². The van der Waals surface area contributed by atoms with E-state index in [2.05, 4.69) is 33.4 Å². The lowest BCUT2D eigenvalue weighted by molar-refractivity contribution is -0.596. The number of hydrogen-bond acceptors (Lipinski definition) is 2. The van der Waals surface area contributed by atoms with Crippen molar-refractivity contribution in [1.29, 1.82) is 0 Å². The van der Waals surface area contributed by atoms with Crippen LogP contribution in [-0.4, -0.2) is 71.1 Å². The third-order valence-electron chi connectivity index (χ3n) is 2.14. The van der Waals surface area contributed by atoms with Crippen molar-refractivity contribution in [3.05, 3.63) is 0 Å². The lowest BCUT2D eigenvalue weighted by Crippen LogP contribution is -2.30. The van der Waals surface area contributed by atoms with Gasteiger partial charge in [0.2, 0.25) is 13.1 Å². The van der Waals surface area contributed by atoms with Crippen molar-refractivity contribution in [3.8, 4) is 0 Å². The predicted molar refractivity (Wildman–Crippen MR) is 66.8 cm³/mol. The molecule has 0 fully saturated rings. The van der Waals surface area contributed by atoms with Crippen molar-refractivity contribution in [3.63, 3.8) is 0 Å². The van der Waals surface area contributed by atoms with Crippen molar-refractivity contribution in [2.24, 2.45) is 0 Å². The van der Waals surface area contributed by atoms with Crippen LogP contribution in [-0.2, 0) is 0 Å². The van der Waals surface area contributed by atoms with Crippen LogP contribution in [0, 0.1) is 0 Å². The number of rotatable bonds is 6. The van der Waals surface area contributed by atoms with Crippen LogP contribution in [0.4, 0.5) is 0 Å². The molecule has 0 spiro atoms. The number of hydrogen-bond donors (Lipinski definition) is 0. The summed E-state index contributed by atoms with van der Waals surface area (Å²) < 4.78 is 4.46. The molecule has 0 aromatic heterocycles. The summed E-state index contributed by atoms with van der Waals surface area (Å²) in [4.78, 5) is 0. The zero-order valence-electron chi connectivity index (χ0n) is 8.95. The lowest BCUT2D eigenvalue weighted by atomic mass is 10.5. The molecule has 2 nitrogen and oxygen atoms in total. The molecular weight excluding hydrogens is 212 g/mol. The Balaban J connectivity index is 2.47. The summed E-state index contributed by atoms with van der Waals surface area (Å²) in [6, 6.07) is 0. The first kappa shape index (κ1) is 11.9. The van der Waals surface area contributed by atoms with Crippen molar-refractivity contribution in [2.45, 2.75) is 0 Å². The Morgan fingerprint density at radius 3 is 1.64 bits per heavy atom. The Morgan fingerprint density at radius 2 is 1.36 bits per heavy atom. The van der Waals surface area contributed by atoms with Gasteiger partial charge in [0.15, 0.2) is 13.1 Å². The maximum Gasteiger partial charge on any atom is 0.293 e. The van der Waals surface area contributed by atoms with Crippen LogP contribution in [0.15, 0.2) is 0 Å². The van der Waals surface area contributed by atoms with Gasteiger partial charge in [0.05, 0.1) is 11.5 Å². The summed E-state index contributed by atoms with van der Waals surface area (Å²) >= 11 is 3.77. The number of thioether (sulfide) groups is 2. The molecule has 1 rings (SSSR count). The summed E-state index contributed by atoms with van der Waals surface area (Å²) in [6.45, 7) is 4.40. The molecule has 0 unspecified atom stereocenters. The van der Waals surface area contributed by atoms with Crippen LogP contribution in [0.3, 0.4) is 0 Å². The third kappa shape index (κ3) is 4.39. The van der Waals surface area contributed by atoms with E-state index in [4.69, 9.17) is 0 Å². The van der Waals surface area contributed by atoms with Gasteiger partial charge in [-0.2, -0.15) is 32.7 Å². The average Bonchev–Trinajstić information content (AvgIpc) is 2.25. The molecular formula is C10H18N2S2+2. The molecule has 14 heavy (non-hydrogen) atoms. The fourth-order valence-electron chi connectivity index (χ4n) is 1.23. The molecule has 0 N–H and O–H groups in total. The molecule has 4 heteroatoms. The van der Waals surface area contributed by atoms with E-state index >= 15 is 0 Å². The van der Waals surface area contributed by atoms with Gasteiger partial charge in [0.25, 0.3) is 11.7 Å². The van der Waals surface area contributed by atoms with Crippen LogP contribution in [0.1, 0.15) is 0 Å². The van der Waals surface area contributed by atoms with Gasteiger partial charge in [0, 0.05) is 0 Å². The fourth-order valence-corrected chi connectivity index (χ4v) is 2.04. The summed E-state index contributed by atoms with van der Waals surface area (Å²) in [5.41, 5.74) is 0. The Morgan fingerprint density at radius 1 is 0.929 bits per heavy atom. The molecule has 0 saturated carbocycles. The van der Waals surface area contributed by atoms with Gasteiger partial charge in [-0.1, -0.05) is 0 Å².